The Hall–Kier alpha value is -0.686. The van der Waals surface area contributed by atoms with Gasteiger partial charge in [0.25, 0.3) is 8.65 Å². The number of allylic oxidation sites excluding steroid dienone is 4. The van der Waals surface area contributed by atoms with Gasteiger partial charge in [-0.15, -0.1) is 0 Å². The van der Waals surface area contributed by atoms with Crippen LogP contribution in [0.5, 0.6) is 0 Å². The van der Waals surface area contributed by atoms with Crippen molar-refractivity contribution >= 4 is 45.6 Å². The van der Waals surface area contributed by atoms with Gasteiger partial charge in [-0.05, 0) is 55.6 Å². The van der Waals surface area contributed by atoms with Gasteiger partial charge in [0, 0.05) is 18.4 Å². The van der Waals surface area contributed by atoms with Gasteiger partial charge in [0.05, 0.1) is 25.0 Å². The normalized spacial score (nSPS) is 30.2. The summed E-state index contributed by atoms with van der Waals surface area (Å²) in [7, 11) is 0.341. The van der Waals surface area contributed by atoms with Crippen molar-refractivity contribution in [2.45, 2.75) is 76.7 Å². The number of hydrogen-bond acceptors (Lipinski definition) is 6. The van der Waals surface area contributed by atoms with Crippen molar-refractivity contribution < 1.29 is 28.6 Å². The molecule has 8 unspecified atom stereocenters. The second kappa shape index (κ2) is 14.5. The molecule has 0 aromatic heterocycles. The number of ketones is 1. The molecule has 0 amide bonds. The molecule has 0 aromatic carbocycles. The highest BCUT2D eigenvalue weighted by molar-refractivity contribution is 9.09. The van der Waals surface area contributed by atoms with E-state index in [4.69, 9.17) is 13.6 Å². The van der Waals surface area contributed by atoms with Gasteiger partial charge in [0.2, 0.25) is 9.04 Å². The fourth-order valence-corrected chi connectivity index (χ4v) is 7.57. The zero-order chi connectivity index (χ0) is 27.0. The number of ether oxygens (including phenoxy) is 1. The summed E-state index contributed by atoms with van der Waals surface area (Å²) in [6.45, 7) is 8.65. The van der Waals surface area contributed by atoms with Gasteiger partial charge in [-0.1, -0.05) is 72.8 Å². The molecule has 0 spiro atoms. The van der Waals surface area contributed by atoms with Crippen LogP contribution in [-0.2, 0) is 18.4 Å². The highest BCUT2D eigenvalue weighted by Crippen LogP contribution is 2.53. The first kappa shape index (κ1) is 31.5. The van der Waals surface area contributed by atoms with Crippen molar-refractivity contribution in [3.05, 3.63) is 36.0 Å². The summed E-state index contributed by atoms with van der Waals surface area (Å²) in [5.74, 6) is 0.766. The van der Waals surface area contributed by atoms with Crippen LogP contribution in [0.15, 0.2) is 36.0 Å². The van der Waals surface area contributed by atoms with Gasteiger partial charge >= 0.3 is 0 Å². The number of alkyl halides is 1. The minimum atomic E-state index is -1.46. The molecule has 6 nitrogen and oxygen atoms in total. The smallest absolute Gasteiger partial charge is 0.255 e. The molecule has 203 valence electrons. The van der Waals surface area contributed by atoms with Crippen LogP contribution < -0.4 is 0 Å². The quantitative estimate of drug-likeness (QED) is 0.189. The van der Waals surface area contributed by atoms with Gasteiger partial charge in [0.15, 0.2) is 5.78 Å². The number of carbonyl (C=O) groups is 1. The lowest BCUT2D eigenvalue weighted by Gasteiger charge is -2.51. The number of carbonyl (C=O) groups excluding carboxylic acids is 1. The molecule has 0 aliphatic heterocycles. The lowest BCUT2D eigenvalue weighted by molar-refractivity contribution is -0.125. The Kier molecular flexibility index (Phi) is 12.7. The van der Waals surface area contributed by atoms with E-state index in [1.807, 2.05) is 24.8 Å². The fourth-order valence-electron chi connectivity index (χ4n) is 5.25. The lowest BCUT2D eigenvalue weighted by Crippen LogP contribution is -2.51. The standard InChI is InChI=1S/C27H44BrO6Si2/c1-18(17-28)21-16-27(3)19(2)24(14-13-20(27)15-23(21)30)34-26(36(7)33-5)22(29)11-9-8-10-12-25(31)35(6)32-4/h8-11,15,18-19,21-22,24-26,29,31H,6,12-14,16-17H2,1-5,7H3/b10-8+,11-9+. The first-order valence-electron chi connectivity index (χ1n) is 12.8. The second-order valence-electron chi connectivity index (χ2n) is 10.4. The van der Waals surface area contributed by atoms with Crippen molar-refractivity contribution in [1.82, 2.24) is 0 Å². The zero-order valence-corrected chi connectivity index (χ0v) is 26.2. The number of fused-ring (bicyclic) bond motifs is 1. The molecule has 1 fully saturated rings. The monoisotopic (exact) mass is 599 g/mol. The van der Waals surface area contributed by atoms with E-state index in [9.17, 15) is 15.0 Å². The first-order valence-corrected chi connectivity index (χ1v) is 17.6. The minimum Gasteiger partial charge on any atom is -0.552 e. The van der Waals surface area contributed by atoms with Crippen LogP contribution in [0.2, 0.25) is 6.55 Å². The maximum absolute atomic E-state index is 12.8. The number of rotatable bonds is 13. The van der Waals surface area contributed by atoms with Gasteiger partial charge in [-0.3, -0.25) is 4.79 Å². The Balaban J connectivity index is 2.11. The lowest BCUT2D eigenvalue weighted by atomic mass is 9.56. The predicted molar refractivity (Wildman–Crippen MR) is 153 cm³/mol. The van der Waals surface area contributed by atoms with E-state index in [2.05, 4.69) is 42.9 Å². The van der Waals surface area contributed by atoms with Crippen LogP contribution >= 0.6 is 15.9 Å². The molecule has 0 heterocycles. The maximum Gasteiger partial charge on any atom is 0.255 e. The molecule has 8 atom stereocenters. The van der Waals surface area contributed by atoms with E-state index in [1.165, 1.54) is 5.57 Å². The SMILES string of the molecule is C=[Si](OC)C(O)C/C=C/C=C/C(O)C(OC1CCC2=CC(=O)C(C(C)CBr)CC2(C)C1C)[Si](C)OC. The summed E-state index contributed by atoms with van der Waals surface area (Å²) in [5.41, 5.74) is 0.139. The van der Waals surface area contributed by atoms with Gasteiger partial charge in [-0.25, -0.2) is 0 Å². The number of aliphatic hydroxyl groups is 2. The van der Waals surface area contributed by atoms with Crippen molar-refractivity contribution in [3.63, 3.8) is 0 Å². The summed E-state index contributed by atoms with van der Waals surface area (Å²) in [6.07, 6.45) is 15.0. The summed E-state index contributed by atoms with van der Waals surface area (Å²) >= 11 is 3.56. The van der Waals surface area contributed by atoms with Crippen LogP contribution in [0.25, 0.3) is 0 Å². The van der Waals surface area contributed by atoms with E-state index in [0.717, 1.165) is 24.6 Å². The largest absolute Gasteiger partial charge is 0.552 e. The molecule has 1 saturated carbocycles. The molecule has 2 aliphatic rings. The van der Waals surface area contributed by atoms with E-state index >= 15 is 0 Å². The van der Waals surface area contributed by atoms with Gasteiger partial charge in [0.1, 0.15) is 5.73 Å². The van der Waals surface area contributed by atoms with E-state index < -0.39 is 35.3 Å². The van der Waals surface area contributed by atoms with Crippen LogP contribution in [0.3, 0.4) is 0 Å². The van der Waals surface area contributed by atoms with Crippen molar-refractivity contribution in [2.24, 2.45) is 23.2 Å². The Bertz CT molecular complexity index is 846. The van der Waals surface area contributed by atoms with E-state index in [-0.39, 0.29) is 35.1 Å². The Morgan fingerprint density at radius 2 is 2.00 bits per heavy atom. The van der Waals surface area contributed by atoms with Crippen LogP contribution in [0, 0.1) is 23.2 Å². The molecule has 36 heavy (non-hydrogen) atoms. The van der Waals surface area contributed by atoms with E-state index in [1.54, 1.807) is 26.4 Å². The summed E-state index contributed by atoms with van der Waals surface area (Å²) in [5, 5.41) is 21.8. The maximum atomic E-state index is 12.8. The zero-order valence-electron chi connectivity index (χ0n) is 22.6. The van der Waals surface area contributed by atoms with E-state index in [0.29, 0.717) is 6.42 Å². The highest BCUT2D eigenvalue weighted by atomic mass is 79.9. The fraction of sp³-hybridized carbons (Fsp3) is 0.704. The molecule has 0 bridgehead atoms. The molecular formula is C27H44BrO6Si2. The average Bonchev–Trinajstić information content (AvgIpc) is 2.87. The van der Waals surface area contributed by atoms with Crippen LogP contribution in [0.1, 0.15) is 46.5 Å². The second-order valence-corrected chi connectivity index (χ2v) is 15.2. The first-order chi connectivity index (χ1) is 17.0. The molecule has 2 N–H and O–H groups in total. The molecule has 2 rings (SSSR count). The third kappa shape index (κ3) is 7.68. The number of aliphatic hydroxyl groups excluding tert-OH is 2. The van der Waals surface area contributed by atoms with Crippen LogP contribution in [-0.4, -0.2) is 83.1 Å². The van der Waals surface area contributed by atoms with Crippen molar-refractivity contribution in [2.75, 3.05) is 19.5 Å². The molecule has 0 saturated heterocycles. The van der Waals surface area contributed by atoms with Crippen molar-refractivity contribution in [1.29, 1.82) is 0 Å². The molecule has 2 aliphatic carbocycles. The Morgan fingerprint density at radius 1 is 1.31 bits per heavy atom. The Morgan fingerprint density at radius 3 is 2.61 bits per heavy atom. The molecule has 1 radical (unpaired) electrons. The molecule has 0 aromatic rings. The van der Waals surface area contributed by atoms with Crippen LogP contribution in [0.4, 0.5) is 0 Å². The van der Waals surface area contributed by atoms with Crippen molar-refractivity contribution in [3.8, 4) is 0 Å². The van der Waals surface area contributed by atoms with Gasteiger partial charge < -0.3 is 23.8 Å². The topological polar surface area (TPSA) is 85.2 Å². The molecular weight excluding hydrogens is 556 g/mol. The summed E-state index contributed by atoms with van der Waals surface area (Å²) in [4.78, 5) is 12.8. The minimum absolute atomic E-state index is 0.0170. The number of hydrogen-bond donors (Lipinski definition) is 2. The average molecular weight is 601 g/mol. The summed E-state index contributed by atoms with van der Waals surface area (Å²) in [6, 6.07) is 0. The molecule has 9 heteroatoms. The highest BCUT2D eigenvalue weighted by Gasteiger charge is 2.49. The third-order valence-corrected chi connectivity index (χ3v) is 12.6. The number of halogens is 1. The Labute approximate surface area is 229 Å². The predicted octanol–water partition coefficient (Wildman–Crippen LogP) is 3.94. The summed E-state index contributed by atoms with van der Waals surface area (Å²) < 4.78 is 17.4. The third-order valence-electron chi connectivity index (χ3n) is 8.15. The van der Waals surface area contributed by atoms with Gasteiger partial charge in [-0.2, -0.15) is 0 Å².